The minimum Gasteiger partial charge on any atom is -0.410 e. The zero-order valence-corrected chi connectivity index (χ0v) is 23.0. The monoisotopic (exact) mass is 475 g/mol. The predicted molar refractivity (Wildman–Crippen MR) is 137 cm³/mol. The minimum atomic E-state index is -3.65. The van der Waals surface area contributed by atoms with Crippen molar-refractivity contribution in [3.8, 4) is 0 Å². The first kappa shape index (κ1) is 26.8. The van der Waals surface area contributed by atoms with Crippen LogP contribution >= 0.6 is 0 Å². The molecule has 4 nitrogen and oxygen atoms in total. The van der Waals surface area contributed by atoms with Crippen molar-refractivity contribution in [3.05, 3.63) is 65.7 Å². The molecule has 32 heavy (non-hydrogen) atoms. The molecule has 0 aliphatic carbocycles. The molecule has 2 aromatic rings. The van der Waals surface area contributed by atoms with Gasteiger partial charge in [0.15, 0.2) is 8.32 Å². The molecule has 1 N–H and O–H groups in total. The van der Waals surface area contributed by atoms with Gasteiger partial charge >= 0.3 is 0 Å². The summed E-state index contributed by atoms with van der Waals surface area (Å²) in [6.45, 7) is 19.3. The fraction of sp³-hybridized carbons (Fsp3) is 0.538. The fourth-order valence-electron chi connectivity index (χ4n) is 3.22. The van der Waals surface area contributed by atoms with Crippen molar-refractivity contribution < 1.29 is 12.8 Å². The van der Waals surface area contributed by atoms with Crippen molar-refractivity contribution in [2.75, 3.05) is 0 Å². The van der Waals surface area contributed by atoms with E-state index in [1.807, 2.05) is 37.3 Å². The summed E-state index contributed by atoms with van der Waals surface area (Å²) < 4.78 is 36.3. The first-order chi connectivity index (χ1) is 14.5. The van der Waals surface area contributed by atoms with Crippen LogP contribution in [-0.4, -0.2) is 22.8 Å². The Kier molecular flexibility index (Phi) is 8.20. The van der Waals surface area contributed by atoms with Gasteiger partial charge in [-0.15, -0.1) is 0 Å². The standard InChI is InChI=1S/C26H41NO3SSi/c1-20-15-17-22(18-16-20)31(28,29)27-24(25(2,3)4)19-23(21-13-11-10-12-14-21)30-32(8,9)26(5,6)7/h10-18,23-24,27H,19H2,1-9H3/t23-,24+/m1/s1. The number of benzene rings is 2. The van der Waals surface area contributed by atoms with E-state index in [9.17, 15) is 8.42 Å². The van der Waals surface area contributed by atoms with Gasteiger partial charge in [0.05, 0.1) is 11.0 Å². The lowest BCUT2D eigenvalue weighted by atomic mass is 9.83. The molecule has 0 bridgehead atoms. The molecule has 0 aromatic heterocycles. The molecule has 2 rings (SSSR count). The summed E-state index contributed by atoms with van der Waals surface area (Å²) >= 11 is 0. The first-order valence-corrected chi connectivity index (χ1v) is 15.7. The van der Waals surface area contributed by atoms with E-state index >= 15 is 0 Å². The number of nitrogens with one attached hydrogen (secondary N) is 1. The lowest BCUT2D eigenvalue weighted by Gasteiger charge is -2.41. The molecular formula is C26H41NO3SSi. The summed E-state index contributed by atoms with van der Waals surface area (Å²) in [5, 5.41) is 0.0542. The summed E-state index contributed by atoms with van der Waals surface area (Å²) in [6.07, 6.45) is 0.368. The maximum Gasteiger partial charge on any atom is 0.240 e. The van der Waals surface area contributed by atoms with E-state index in [4.69, 9.17) is 4.43 Å². The molecule has 178 valence electrons. The highest BCUT2D eigenvalue weighted by Gasteiger charge is 2.41. The highest BCUT2D eigenvalue weighted by Crippen LogP contribution is 2.42. The van der Waals surface area contributed by atoms with Gasteiger partial charge in [0, 0.05) is 6.04 Å². The van der Waals surface area contributed by atoms with Gasteiger partial charge in [-0.25, -0.2) is 13.1 Å². The van der Waals surface area contributed by atoms with Gasteiger partial charge in [-0.2, -0.15) is 0 Å². The van der Waals surface area contributed by atoms with E-state index in [0.29, 0.717) is 11.3 Å². The molecule has 0 aliphatic rings. The van der Waals surface area contributed by atoms with Crippen LogP contribution in [0.2, 0.25) is 18.1 Å². The van der Waals surface area contributed by atoms with Gasteiger partial charge in [0.2, 0.25) is 10.0 Å². The minimum absolute atomic E-state index is 0.0542. The van der Waals surface area contributed by atoms with Crippen molar-refractivity contribution in [1.29, 1.82) is 0 Å². The molecule has 0 spiro atoms. The van der Waals surface area contributed by atoms with Gasteiger partial charge in [-0.1, -0.05) is 89.6 Å². The second-order valence-corrected chi connectivity index (χ2v) is 17.8. The Morgan fingerprint density at radius 2 is 1.44 bits per heavy atom. The van der Waals surface area contributed by atoms with E-state index in [1.54, 1.807) is 12.1 Å². The molecule has 0 unspecified atom stereocenters. The topological polar surface area (TPSA) is 55.4 Å². The van der Waals surface area contributed by atoms with E-state index in [0.717, 1.165) is 11.1 Å². The predicted octanol–water partition coefficient (Wildman–Crippen LogP) is 6.84. The van der Waals surface area contributed by atoms with Crippen LogP contribution in [0.5, 0.6) is 0 Å². The number of hydrogen-bond donors (Lipinski definition) is 1. The Hall–Kier alpha value is -1.47. The Morgan fingerprint density at radius 1 is 0.906 bits per heavy atom. The van der Waals surface area contributed by atoms with Crippen LogP contribution < -0.4 is 4.72 Å². The molecule has 0 fully saturated rings. The van der Waals surface area contributed by atoms with Crippen LogP contribution in [0, 0.1) is 12.3 Å². The van der Waals surface area contributed by atoms with Crippen LogP contribution in [0.1, 0.15) is 65.2 Å². The largest absolute Gasteiger partial charge is 0.410 e. The summed E-state index contributed by atoms with van der Waals surface area (Å²) in [6, 6.07) is 16.9. The van der Waals surface area contributed by atoms with E-state index in [2.05, 4.69) is 71.5 Å². The van der Waals surface area contributed by atoms with Crippen LogP contribution in [0.3, 0.4) is 0 Å². The molecule has 6 heteroatoms. The summed E-state index contributed by atoms with van der Waals surface area (Å²) in [7, 11) is -5.74. The van der Waals surface area contributed by atoms with Gasteiger partial charge in [0.1, 0.15) is 0 Å². The normalized spacial score (nSPS) is 15.4. The van der Waals surface area contributed by atoms with Crippen molar-refractivity contribution in [1.82, 2.24) is 4.72 Å². The highest BCUT2D eigenvalue weighted by molar-refractivity contribution is 7.89. The van der Waals surface area contributed by atoms with E-state index in [-0.39, 0.29) is 22.6 Å². The average Bonchev–Trinajstić information content (AvgIpc) is 2.66. The third kappa shape index (κ3) is 7.01. The number of aryl methyl sites for hydroxylation is 1. The van der Waals surface area contributed by atoms with Gasteiger partial charge < -0.3 is 4.43 Å². The number of sulfonamides is 1. The third-order valence-corrected chi connectivity index (χ3v) is 12.5. The summed E-state index contributed by atoms with van der Waals surface area (Å²) in [4.78, 5) is 0.291. The molecule has 0 heterocycles. The molecule has 0 amide bonds. The van der Waals surface area contributed by atoms with Gasteiger partial charge in [0.25, 0.3) is 0 Å². The SMILES string of the molecule is Cc1ccc(S(=O)(=O)N[C@@H](C[C@@H](O[Si](C)(C)C(C)(C)C)c2ccccc2)C(C)(C)C)cc1. The number of rotatable bonds is 8. The highest BCUT2D eigenvalue weighted by atomic mass is 32.2. The van der Waals surface area contributed by atoms with Gasteiger partial charge in [-0.3, -0.25) is 0 Å². The van der Waals surface area contributed by atoms with Crippen LogP contribution in [0.4, 0.5) is 0 Å². The zero-order chi connectivity index (χ0) is 24.4. The Labute approximate surface area is 197 Å². The summed E-state index contributed by atoms with van der Waals surface area (Å²) in [5.41, 5.74) is 1.83. The Morgan fingerprint density at radius 3 is 1.91 bits per heavy atom. The molecule has 0 aliphatic heterocycles. The van der Waals surface area contributed by atoms with Crippen molar-refractivity contribution in [2.45, 2.75) is 90.1 Å². The zero-order valence-electron chi connectivity index (χ0n) is 21.2. The lowest BCUT2D eigenvalue weighted by molar-refractivity contribution is 0.135. The van der Waals surface area contributed by atoms with Crippen LogP contribution in [0.25, 0.3) is 0 Å². The van der Waals surface area contributed by atoms with Crippen molar-refractivity contribution in [3.63, 3.8) is 0 Å². The van der Waals surface area contributed by atoms with Crippen molar-refractivity contribution in [2.24, 2.45) is 5.41 Å². The second-order valence-electron chi connectivity index (χ2n) is 11.4. The maximum absolute atomic E-state index is 13.2. The maximum atomic E-state index is 13.2. The third-order valence-electron chi connectivity index (χ3n) is 6.54. The molecule has 0 saturated carbocycles. The Bertz CT molecular complexity index is 972. The molecule has 2 aromatic carbocycles. The molecular weight excluding hydrogens is 434 g/mol. The Balaban J connectivity index is 2.40. The molecule has 0 saturated heterocycles. The van der Waals surface area contributed by atoms with Crippen LogP contribution in [0.15, 0.2) is 59.5 Å². The van der Waals surface area contributed by atoms with Gasteiger partial charge in [-0.05, 0) is 54.6 Å². The lowest BCUT2D eigenvalue weighted by Crippen LogP contribution is -2.47. The smallest absolute Gasteiger partial charge is 0.240 e. The van der Waals surface area contributed by atoms with Crippen LogP contribution in [-0.2, 0) is 14.4 Å². The number of hydrogen-bond acceptors (Lipinski definition) is 3. The summed E-state index contributed by atoms with van der Waals surface area (Å²) in [5.74, 6) is 0. The quantitative estimate of drug-likeness (QED) is 0.425. The van der Waals surface area contributed by atoms with Crippen molar-refractivity contribution >= 4 is 18.3 Å². The van der Waals surface area contributed by atoms with E-state index < -0.39 is 18.3 Å². The fourth-order valence-corrected chi connectivity index (χ4v) is 5.97. The average molecular weight is 476 g/mol. The molecule has 0 radical (unpaired) electrons. The van der Waals surface area contributed by atoms with E-state index in [1.165, 1.54) is 0 Å². The second kappa shape index (κ2) is 9.80. The molecule has 2 atom stereocenters. The first-order valence-electron chi connectivity index (χ1n) is 11.3.